The van der Waals surface area contributed by atoms with Gasteiger partial charge in [-0.05, 0) is 101 Å². The molecule has 3 N–H and O–H groups in total. The van der Waals surface area contributed by atoms with Crippen LogP contribution in [0.1, 0.15) is 39.5 Å². The Labute approximate surface area is 247 Å². The molecule has 0 saturated carbocycles. The van der Waals surface area contributed by atoms with Gasteiger partial charge in [-0.2, -0.15) is 0 Å². The molecule has 2 bridgehead atoms. The molecule has 0 aliphatic carbocycles. The summed E-state index contributed by atoms with van der Waals surface area (Å²) >= 11 is 0. The number of likely N-dealkylation sites (tertiary alicyclic amines) is 1. The highest BCUT2D eigenvalue weighted by Gasteiger charge is 2.38. The molecule has 3 aliphatic heterocycles. The molecule has 2 atom stereocenters. The number of nitrogens with zero attached hydrogens (tertiary/aromatic N) is 4. The van der Waals surface area contributed by atoms with Gasteiger partial charge in [0.05, 0.1) is 25.3 Å². The number of nitrogens with one attached hydrogen (secondary N) is 3. The molecule has 0 radical (unpaired) electrons. The largest absolute Gasteiger partial charge is 0.492 e. The van der Waals surface area contributed by atoms with Crippen LogP contribution in [0.3, 0.4) is 0 Å². The van der Waals surface area contributed by atoms with Crippen molar-refractivity contribution in [3.8, 4) is 17.1 Å². The van der Waals surface area contributed by atoms with Gasteiger partial charge in [0.15, 0.2) is 5.82 Å². The fourth-order valence-electron chi connectivity index (χ4n) is 6.00. The van der Waals surface area contributed by atoms with Crippen molar-refractivity contribution in [3.05, 3.63) is 54.6 Å². The number of fused-ring (bicyclic) bond motifs is 2. The number of ether oxygens (including phenoxy) is 2. The van der Waals surface area contributed by atoms with Crippen molar-refractivity contribution in [2.45, 2.75) is 57.7 Å². The van der Waals surface area contributed by atoms with E-state index in [1.807, 2.05) is 54.6 Å². The van der Waals surface area contributed by atoms with Crippen molar-refractivity contribution in [3.63, 3.8) is 0 Å². The molecule has 42 heavy (non-hydrogen) atoms. The Kier molecular flexibility index (Phi) is 8.71. The first-order valence-corrected chi connectivity index (χ1v) is 15.2. The summed E-state index contributed by atoms with van der Waals surface area (Å²) in [6.07, 6.45) is 4.80. The third-order valence-corrected chi connectivity index (χ3v) is 8.04. The second-order valence-electron chi connectivity index (χ2n) is 11.6. The van der Waals surface area contributed by atoms with Crippen molar-refractivity contribution in [2.24, 2.45) is 0 Å². The molecular weight excluding hydrogens is 530 g/mol. The Morgan fingerprint density at radius 1 is 0.952 bits per heavy atom. The maximum Gasteiger partial charge on any atom is 0.323 e. The van der Waals surface area contributed by atoms with Crippen molar-refractivity contribution in [1.29, 1.82) is 0 Å². The molecule has 2 aromatic carbocycles. The lowest BCUT2D eigenvalue weighted by atomic mass is 10.2. The van der Waals surface area contributed by atoms with E-state index in [-0.39, 0.29) is 12.1 Å². The molecule has 3 fully saturated rings. The first-order chi connectivity index (χ1) is 20.5. The quantitative estimate of drug-likeness (QED) is 0.295. The van der Waals surface area contributed by atoms with Gasteiger partial charge >= 0.3 is 6.03 Å². The molecule has 3 aromatic rings. The molecule has 2 unspecified atom stereocenters. The molecule has 222 valence electrons. The van der Waals surface area contributed by atoms with Crippen LogP contribution in [0.2, 0.25) is 0 Å². The monoisotopic (exact) mass is 571 g/mol. The third-order valence-electron chi connectivity index (χ3n) is 8.04. The van der Waals surface area contributed by atoms with E-state index in [4.69, 9.17) is 19.4 Å². The Balaban J connectivity index is 1.07. The minimum absolute atomic E-state index is 0.246. The van der Waals surface area contributed by atoms with Crippen LogP contribution in [0.15, 0.2) is 54.6 Å². The first kappa shape index (κ1) is 28.2. The summed E-state index contributed by atoms with van der Waals surface area (Å²) in [5.74, 6) is 3.19. The fraction of sp³-hybridized carbons (Fsp3) is 0.469. The summed E-state index contributed by atoms with van der Waals surface area (Å²) in [5.41, 5.74) is 2.26. The van der Waals surface area contributed by atoms with Crippen LogP contribution in [0.25, 0.3) is 11.4 Å². The highest BCUT2D eigenvalue weighted by Crippen LogP contribution is 2.35. The second kappa shape index (κ2) is 13.0. The molecule has 2 amide bonds. The number of carbonyl (C=O) groups is 1. The average molecular weight is 572 g/mol. The number of anilines is 4. The number of carbonyl (C=O) groups excluding carboxylic acids is 1. The minimum Gasteiger partial charge on any atom is -0.492 e. The number of rotatable bonds is 10. The summed E-state index contributed by atoms with van der Waals surface area (Å²) in [7, 11) is 0. The van der Waals surface area contributed by atoms with Crippen LogP contribution in [-0.4, -0.2) is 78.5 Å². The van der Waals surface area contributed by atoms with Crippen LogP contribution >= 0.6 is 0 Å². The topological polar surface area (TPSA) is 104 Å². The number of hydrogen-bond donors (Lipinski definition) is 3. The van der Waals surface area contributed by atoms with Gasteiger partial charge in [-0.1, -0.05) is 0 Å². The molecule has 1 aromatic heterocycles. The average Bonchev–Trinajstić information content (AvgIpc) is 3.59. The zero-order valence-electron chi connectivity index (χ0n) is 24.5. The summed E-state index contributed by atoms with van der Waals surface area (Å²) in [5, 5.41) is 9.24. The molecule has 3 saturated heterocycles. The Hall–Kier alpha value is -3.89. The number of morpholine rings is 1. The van der Waals surface area contributed by atoms with E-state index in [1.54, 1.807) is 0 Å². The molecule has 6 rings (SSSR count). The summed E-state index contributed by atoms with van der Waals surface area (Å²) < 4.78 is 11.6. The number of benzene rings is 2. The minimum atomic E-state index is -0.310. The van der Waals surface area contributed by atoms with Crippen LogP contribution in [-0.2, 0) is 4.74 Å². The molecule has 3 aliphatic rings. The molecule has 10 nitrogen and oxygen atoms in total. The molecule has 4 heterocycles. The van der Waals surface area contributed by atoms with E-state index in [0.717, 1.165) is 68.6 Å². The lowest BCUT2D eigenvalue weighted by Gasteiger charge is -2.36. The lowest BCUT2D eigenvalue weighted by Crippen LogP contribution is -2.46. The van der Waals surface area contributed by atoms with Crippen molar-refractivity contribution >= 4 is 29.0 Å². The number of amides is 2. The maximum absolute atomic E-state index is 12.7. The predicted molar refractivity (Wildman–Crippen MR) is 167 cm³/mol. The smallest absolute Gasteiger partial charge is 0.323 e. The highest BCUT2D eigenvalue weighted by atomic mass is 16.5. The lowest BCUT2D eigenvalue weighted by molar-refractivity contribution is 0.0902. The summed E-state index contributed by atoms with van der Waals surface area (Å²) in [6, 6.07) is 17.8. The SMILES string of the molecule is CC(C)Nc1cc(N2C3CCC2COC3)nc(-c2ccc(NC(=O)Nc3ccc(OCCN4CCCC4)cc3)cc2)n1. The van der Waals surface area contributed by atoms with Gasteiger partial charge in [0.2, 0.25) is 0 Å². The predicted octanol–water partition coefficient (Wildman–Crippen LogP) is 5.45. The van der Waals surface area contributed by atoms with Gasteiger partial charge in [-0.25, -0.2) is 14.8 Å². The van der Waals surface area contributed by atoms with E-state index in [0.29, 0.717) is 35.9 Å². The zero-order chi connectivity index (χ0) is 28.9. The van der Waals surface area contributed by atoms with Crippen molar-refractivity contribution in [1.82, 2.24) is 14.9 Å². The Bertz CT molecular complexity index is 1330. The number of hydrogen-bond acceptors (Lipinski definition) is 8. The maximum atomic E-state index is 12.7. The van der Waals surface area contributed by atoms with E-state index < -0.39 is 0 Å². The van der Waals surface area contributed by atoms with Gasteiger partial charge in [0.25, 0.3) is 0 Å². The molecule has 10 heteroatoms. The highest BCUT2D eigenvalue weighted by molar-refractivity contribution is 5.99. The van der Waals surface area contributed by atoms with E-state index in [9.17, 15) is 4.79 Å². The Morgan fingerprint density at radius 3 is 2.24 bits per heavy atom. The first-order valence-electron chi connectivity index (χ1n) is 15.2. The van der Waals surface area contributed by atoms with Crippen molar-refractivity contribution in [2.75, 3.05) is 60.3 Å². The van der Waals surface area contributed by atoms with Gasteiger partial charge < -0.3 is 30.3 Å². The fourth-order valence-corrected chi connectivity index (χ4v) is 6.00. The molecule has 0 spiro atoms. The second-order valence-corrected chi connectivity index (χ2v) is 11.6. The third kappa shape index (κ3) is 6.94. The van der Waals surface area contributed by atoms with Gasteiger partial charge in [0.1, 0.15) is 24.0 Å². The van der Waals surface area contributed by atoms with Gasteiger partial charge in [-0.15, -0.1) is 0 Å². The van der Waals surface area contributed by atoms with Crippen LogP contribution in [0.5, 0.6) is 5.75 Å². The standard InChI is InChI=1S/C32H41N7O3/c1-22(2)33-29-19-30(39-26-11-12-27(39)21-41-20-26)37-31(36-29)23-5-7-24(8-6-23)34-32(40)35-25-9-13-28(14-10-25)42-18-17-38-15-3-4-16-38/h5-10,13-14,19,22,26-27H,3-4,11-12,15-18,20-21H2,1-2H3,(H,33,36,37)(H2,34,35,40). The summed E-state index contributed by atoms with van der Waals surface area (Å²) in [6.45, 7) is 9.62. The number of urea groups is 1. The van der Waals surface area contributed by atoms with Crippen LogP contribution < -0.4 is 25.6 Å². The van der Waals surface area contributed by atoms with Crippen molar-refractivity contribution < 1.29 is 14.3 Å². The Morgan fingerprint density at radius 2 is 1.60 bits per heavy atom. The van der Waals surface area contributed by atoms with E-state index in [1.165, 1.54) is 12.8 Å². The molecular formula is C32H41N7O3. The van der Waals surface area contributed by atoms with Crippen LogP contribution in [0.4, 0.5) is 27.8 Å². The van der Waals surface area contributed by atoms with Gasteiger partial charge in [-0.3, -0.25) is 4.90 Å². The van der Waals surface area contributed by atoms with Gasteiger partial charge in [0, 0.05) is 35.6 Å². The number of aromatic nitrogens is 2. The van der Waals surface area contributed by atoms with E-state index >= 15 is 0 Å². The summed E-state index contributed by atoms with van der Waals surface area (Å²) in [4.78, 5) is 27.3. The zero-order valence-corrected chi connectivity index (χ0v) is 24.5. The van der Waals surface area contributed by atoms with Crippen LogP contribution in [0, 0.1) is 0 Å². The normalized spacial score (nSPS) is 20.1. The van der Waals surface area contributed by atoms with E-state index in [2.05, 4.69) is 39.6 Å².